The third-order valence-electron chi connectivity index (χ3n) is 4.25. The van der Waals surface area contributed by atoms with Crippen LogP contribution in [0.4, 0.5) is 5.69 Å². The maximum Gasteiger partial charge on any atom is 0.269 e. The summed E-state index contributed by atoms with van der Waals surface area (Å²) in [5.74, 6) is 0. The number of nitrogens with zero attached hydrogens (tertiary/aromatic N) is 2. The van der Waals surface area contributed by atoms with E-state index >= 15 is 0 Å². The normalized spacial score (nSPS) is 31.1. The van der Waals surface area contributed by atoms with Crippen LogP contribution in [-0.2, 0) is 4.74 Å². The van der Waals surface area contributed by atoms with Gasteiger partial charge in [0.2, 0.25) is 0 Å². The number of ether oxygens (including phenoxy) is 1. The molecule has 2 aliphatic rings. The van der Waals surface area contributed by atoms with Gasteiger partial charge in [0.1, 0.15) is 6.23 Å². The number of hydrogen-bond donors (Lipinski definition) is 0. The molecule has 0 amide bonds. The molecule has 0 N–H and O–H groups in total. The van der Waals surface area contributed by atoms with E-state index in [1.54, 1.807) is 24.3 Å². The Morgan fingerprint density at radius 2 is 1.95 bits per heavy atom. The van der Waals surface area contributed by atoms with Gasteiger partial charge in [-0.25, -0.2) is 0 Å². The zero-order chi connectivity index (χ0) is 13.4. The van der Waals surface area contributed by atoms with Crippen molar-refractivity contribution in [3.05, 3.63) is 39.9 Å². The van der Waals surface area contributed by atoms with Crippen LogP contribution in [0.2, 0.25) is 0 Å². The van der Waals surface area contributed by atoms with Crippen LogP contribution in [0.25, 0.3) is 0 Å². The van der Waals surface area contributed by atoms with Crippen LogP contribution >= 0.6 is 0 Å². The van der Waals surface area contributed by atoms with Crippen molar-refractivity contribution >= 4 is 5.69 Å². The van der Waals surface area contributed by atoms with Gasteiger partial charge in [0.25, 0.3) is 5.69 Å². The lowest BCUT2D eigenvalue weighted by molar-refractivity contribution is -0.384. The lowest BCUT2D eigenvalue weighted by Gasteiger charge is -2.27. The molecule has 1 heterocycles. The van der Waals surface area contributed by atoms with E-state index in [0.717, 1.165) is 12.0 Å². The number of likely N-dealkylation sites (N-methyl/N-ethyl adjacent to an activating group) is 1. The Hall–Kier alpha value is -1.46. The predicted octanol–water partition coefficient (Wildman–Crippen LogP) is 2.87. The summed E-state index contributed by atoms with van der Waals surface area (Å²) in [4.78, 5) is 12.6. The van der Waals surface area contributed by atoms with E-state index in [2.05, 4.69) is 11.9 Å². The second kappa shape index (κ2) is 4.90. The van der Waals surface area contributed by atoms with Crippen molar-refractivity contribution in [2.24, 2.45) is 0 Å². The molecular formula is C14H18N2O3. The van der Waals surface area contributed by atoms with Crippen LogP contribution in [0.5, 0.6) is 0 Å². The summed E-state index contributed by atoms with van der Waals surface area (Å²) in [6.07, 6.45) is 5.07. The average molecular weight is 262 g/mol. The van der Waals surface area contributed by atoms with Crippen LogP contribution in [0.1, 0.15) is 37.5 Å². The standard InChI is InChI=1S/C14H18N2O3/c1-15-12-4-2-3-5-13(12)19-14(15)10-6-8-11(9-7-10)16(17)18/h6-9,12-14H,2-5H2,1H3/t12-,13+,14+/m1/s1. The molecule has 1 aliphatic carbocycles. The van der Waals surface area contributed by atoms with E-state index in [-0.39, 0.29) is 16.8 Å². The molecule has 102 valence electrons. The summed E-state index contributed by atoms with van der Waals surface area (Å²) in [5.41, 5.74) is 1.13. The molecule has 3 rings (SSSR count). The summed E-state index contributed by atoms with van der Waals surface area (Å²) < 4.78 is 6.12. The average Bonchev–Trinajstić information content (AvgIpc) is 2.77. The van der Waals surface area contributed by atoms with Gasteiger partial charge in [-0.1, -0.05) is 12.8 Å². The molecule has 1 saturated carbocycles. The number of hydrogen-bond acceptors (Lipinski definition) is 4. The van der Waals surface area contributed by atoms with Crippen molar-refractivity contribution in [3.8, 4) is 0 Å². The quantitative estimate of drug-likeness (QED) is 0.607. The lowest BCUT2D eigenvalue weighted by atomic mass is 9.92. The third kappa shape index (κ3) is 2.24. The Bertz CT molecular complexity index is 474. The molecule has 0 radical (unpaired) electrons. The van der Waals surface area contributed by atoms with E-state index in [9.17, 15) is 10.1 Å². The highest BCUT2D eigenvalue weighted by Crippen LogP contribution is 2.39. The molecule has 0 aromatic heterocycles. The molecule has 19 heavy (non-hydrogen) atoms. The smallest absolute Gasteiger partial charge is 0.269 e. The van der Waals surface area contributed by atoms with E-state index in [4.69, 9.17) is 4.74 Å². The zero-order valence-corrected chi connectivity index (χ0v) is 11.0. The van der Waals surface area contributed by atoms with Gasteiger partial charge < -0.3 is 4.74 Å². The number of rotatable bonds is 2. The van der Waals surface area contributed by atoms with Crippen LogP contribution in [0.15, 0.2) is 24.3 Å². The second-order valence-electron chi connectivity index (χ2n) is 5.39. The molecule has 1 aliphatic heterocycles. The summed E-state index contributed by atoms with van der Waals surface area (Å²) in [5, 5.41) is 10.7. The third-order valence-corrected chi connectivity index (χ3v) is 4.25. The Balaban J connectivity index is 1.80. The summed E-state index contributed by atoms with van der Waals surface area (Å²) in [6, 6.07) is 7.20. The Morgan fingerprint density at radius 3 is 2.58 bits per heavy atom. The number of nitro groups is 1. The first-order valence-corrected chi connectivity index (χ1v) is 6.78. The fraction of sp³-hybridized carbons (Fsp3) is 0.571. The molecular weight excluding hydrogens is 244 g/mol. The number of nitro benzene ring substituents is 1. The maximum absolute atomic E-state index is 10.7. The Morgan fingerprint density at radius 1 is 1.26 bits per heavy atom. The molecule has 3 atom stereocenters. The van der Waals surface area contributed by atoms with Crippen molar-refractivity contribution in [2.45, 2.75) is 44.1 Å². The van der Waals surface area contributed by atoms with Crippen LogP contribution in [0, 0.1) is 10.1 Å². The maximum atomic E-state index is 10.7. The summed E-state index contributed by atoms with van der Waals surface area (Å²) in [6.45, 7) is 0. The van der Waals surface area contributed by atoms with Crippen molar-refractivity contribution < 1.29 is 9.66 Å². The molecule has 1 aromatic rings. The zero-order valence-electron chi connectivity index (χ0n) is 11.0. The van der Waals surface area contributed by atoms with E-state index in [1.165, 1.54) is 19.3 Å². The van der Waals surface area contributed by atoms with Gasteiger partial charge in [-0.3, -0.25) is 15.0 Å². The number of fused-ring (bicyclic) bond motifs is 1. The van der Waals surface area contributed by atoms with Gasteiger partial charge >= 0.3 is 0 Å². The first-order chi connectivity index (χ1) is 9.16. The Labute approximate surface area is 112 Å². The van der Waals surface area contributed by atoms with E-state index in [0.29, 0.717) is 12.1 Å². The van der Waals surface area contributed by atoms with Crippen molar-refractivity contribution in [2.75, 3.05) is 7.05 Å². The minimum atomic E-state index is -0.372. The molecule has 5 heteroatoms. The molecule has 1 aromatic carbocycles. The van der Waals surface area contributed by atoms with Gasteiger partial charge in [0.15, 0.2) is 0 Å². The predicted molar refractivity (Wildman–Crippen MR) is 70.7 cm³/mol. The highest BCUT2D eigenvalue weighted by molar-refractivity contribution is 5.34. The van der Waals surface area contributed by atoms with Crippen LogP contribution in [-0.4, -0.2) is 29.0 Å². The fourth-order valence-electron chi connectivity index (χ4n) is 3.21. The minimum absolute atomic E-state index is 0.0612. The number of non-ortho nitro benzene ring substituents is 1. The molecule has 0 bridgehead atoms. The van der Waals surface area contributed by atoms with Crippen molar-refractivity contribution in [3.63, 3.8) is 0 Å². The van der Waals surface area contributed by atoms with Gasteiger partial charge in [-0.2, -0.15) is 0 Å². The van der Waals surface area contributed by atoms with Gasteiger partial charge in [-0.15, -0.1) is 0 Å². The fourth-order valence-corrected chi connectivity index (χ4v) is 3.21. The van der Waals surface area contributed by atoms with Gasteiger partial charge in [-0.05, 0) is 37.6 Å². The first kappa shape index (κ1) is 12.6. The highest BCUT2D eigenvalue weighted by atomic mass is 16.6. The van der Waals surface area contributed by atoms with E-state index in [1.807, 2.05) is 0 Å². The first-order valence-electron chi connectivity index (χ1n) is 6.78. The SMILES string of the molecule is CN1[C@@H]2CCCC[C@@H]2O[C@H]1c1ccc([N+](=O)[O-])cc1. The van der Waals surface area contributed by atoms with Crippen molar-refractivity contribution in [1.29, 1.82) is 0 Å². The summed E-state index contributed by atoms with van der Waals surface area (Å²) in [7, 11) is 2.09. The molecule has 5 nitrogen and oxygen atoms in total. The number of benzene rings is 1. The topological polar surface area (TPSA) is 55.6 Å². The lowest BCUT2D eigenvalue weighted by Crippen LogP contribution is -2.35. The molecule has 0 unspecified atom stereocenters. The molecule has 1 saturated heterocycles. The minimum Gasteiger partial charge on any atom is -0.354 e. The van der Waals surface area contributed by atoms with E-state index < -0.39 is 0 Å². The van der Waals surface area contributed by atoms with Gasteiger partial charge in [0.05, 0.1) is 11.0 Å². The Kier molecular flexibility index (Phi) is 3.24. The molecule has 0 spiro atoms. The molecule has 2 fully saturated rings. The monoisotopic (exact) mass is 262 g/mol. The largest absolute Gasteiger partial charge is 0.354 e. The highest BCUT2D eigenvalue weighted by Gasteiger charge is 2.41. The van der Waals surface area contributed by atoms with Crippen LogP contribution in [0.3, 0.4) is 0 Å². The van der Waals surface area contributed by atoms with Crippen molar-refractivity contribution in [1.82, 2.24) is 4.90 Å². The summed E-state index contributed by atoms with van der Waals surface area (Å²) >= 11 is 0. The van der Waals surface area contributed by atoms with Crippen LogP contribution < -0.4 is 0 Å². The second-order valence-corrected chi connectivity index (χ2v) is 5.39. The van der Waals surface area contributed by atoms with Gasteiger partial charge in [0, 0.05) is 18.2 Å².